The van der Waals surface area contributed by atoms with Crippen molar-refractivity contribution in [2.45, 2.75) is 50.9 Å². The average molecular weight is 262 g/mol. The second-order valence-corrected chi connectivity index (χ2v) is 6.99. The van der Waals surface area contributed by atoms with Crippen LogP contribution in [0.4, 0.5) is 0 Å². The van der Waals surface area contributed by atoms with E-state index >= 15 is 0 Å². The van der Waals surface area contributed by atoms with E-state index < -0.39 is 0 Å². The lowest BCUT2D eigenvalue weighted by molar-refractivity contribution is 0.486. The Morgan fingerprint density at radius 1 is 1.22 bits per heavy atom. The van der Waals surface area contributed by atoms with Crippen molar-refractivity contribution in [3.63, 3.8) is 0 Å². The molecule has 0 spiro atoms. The molecule has 98 valence electrons. The van der Waals surface area contributed by atoms with Gasteiger partial charge in [-0.3, -0.25) is 4.99 Å². The molecule has 3 heteroatoms. The molecule has 2 nitrogen and oxygen atoms in total. The Bertz CT molecular complexity index is 425. The molecule has 18 heavy (non-hydrogen) atoms. The standard InChI is InChI=1S/C15H22N2S/c1-11-10-12(2)18-14(16-11)17-15(3,4)13-8-6-5-7-9-13/h5-9,11-12H,10H2,1-4H3,(H,16,17). The van der Waals surface area contributed by atoms with Crippen molar-refractivity contribution >= 4 is 16.9 Å². The minimum atomic E-state index is -0.0795. The van der Waals surface area contributed by atoms with Gasteiger partial charge in [0.15, 0.2) is 5.17 Å². The maximum Gasteiger partial charge on any atom is 0.157 e. The van der Waals surface area contributed by atoms with E-state index in [1.54, 1.807) is 0 Å². The highest BCUT2D eigenvalue weighted by Gasteiger charge is 2.25. The van der Waals surface area contributed by atoms with Crippen LogP contribution in [-0.2, 0) is 5.54 Å². The number of aliphatic imine (C=N–C) groups is 1. The topological polar surface area (TPSA) is 24.4 Å². The van der Waals surface area contributed by atoms with E-state index in [2.05, 4.69) is 63.3 Å². The van der Waals surface area contributed by atoms with E-state index in [1.807, 2.05) is 11.8 Å². The number of hydrogen-bond donors (Lipinski definition) is 1. The van der Waals surface area contributed by atoms with Gasteiger partial charge >= 0.3 is 0 Å². The Labute approximate surface area is 114 Å². The molecule has 1 aromatic carbocycles. The Hall–Kier alpha value is -0.960. The van der Waals surface area contributed by atoms with Gasteiger partial charge in [-0.2, -0.15) is 0 Å². The number of rotatable bonds is 2. The number of nitrogens with one attached hydrogen (secondary N) is 1. The van der Waals surface area contributed by atoms with Crippen LogP contribution in [0.2, 0.25) is 0 Å². The summed E-state index contributed by atoms with van der Waals surface area (Å²) in [5, 5.41) is 5.31. The molecule has 0 aromatic heterocycles. The summed E-state index contributed by atoms with van der Waals surface area (Å²) in [5.74, 6) is 0. The second kappa shape index (κ2) is 5.35. The fourth-order valence-electron chi connectivity index (χ4n) is 2.26. The summed E-state index contributed by atoms with van der Waals surface area (Å²) >= 11 is 1.85. The predicted molar refractivity (Wildman–Crippen MR) is 81.2 cm³/mol. The van der Waals surface area contributed by atoms with E-state index in [-0.39, 0.29) is 5.54 Å². The monoisotopic (exact) mass is 262 g/mol. The maximum absolute atomic E-state index is 4.71. The first-order chi connectivity index (χ1) is 8.47. The molecule has 2 unspecified atom stereocenters. The van der Waals surface area contributed by atoms with Crippen molar-refractivity contribution in [1.82, 2.24) is 5.32 Å². The average Bonchev–Trinajstić information content (AvgIpc) is 2.28. The summed E-state index contributed by atoms with van der Waals surface area (Å²) in [6, 6.07) is 11.0. The van der Waals surface area contributed by atoms with Gasteiger partial charge in [0.2, 0.25) is 0 Å². The third-order valence-electron chi connectivity index (χ3n) is 3.24. The van der Waals surface area contributed by atoms with E-state index in [9.17, 15) is 0 Å². The maximum atomic E-state index is 4.71. The van der Waals surface area contributed by atoms with Gasteiger partial charge in [0.05, 0.1) is 11.6 Å². The highest BCUT2D eigenvalue weighted by atomic mass is 32.2. The first kappa shape index (κ1) is 13.5. The minimum Gasteiger partial charge on any atom is -0.356 e. The van der Waals surface area contributed by atoms with Gasteiger partial charge in [-0.15, -0.1) is 0 Å². The summed E-state index contributed by atoms with van der Waals surface area (Å²) in [4.78, 5) is 4.71. The van der Waals surface area contributed by atoms with Gasteiger partial charge in [0.25, 0.3) is 0 Å². The van der Waals surface area contributed by atoms with Gasteiger partial charge in [0, 0.05) is 5.25 Å². The predicted octanol–water partition coefficient (Wildman–Crippen LogP) is 3.78. The molecule has 1 N–H and O–H groups in total. The fraction of sp³-hybridized carbons (Fsp3) is 0.533. The Kier molecular flexibility index (Phi) is 4.00. The number of hydrogen-bond acceptors (Lipinski definition) is 3. The van der Waals surface area contributed by atoms with Crippen LogP contribution >= 0.6 is 11.8 Å². The third kappa shape index (κ3) is 3.29. The zero-order chi connectivity index (χ0) is 13.2. The molecule has 1 aromatic rings. The van der Waals surface area contributed by atoms with Crippen LogP contribution in [0.1, 0.15) is 39.7 Å². The van der Waals surface area contributed by atoms with E-state index in [0.29, 0.717) is 11.3 Å². The molecular weight excluding hydrogens is 240 g/mol. The Morgan fingerprint density at radius 3 is 2.50 bits per heavy atom. The van der Waals surface area contributed by atoms with E-state index in [4.69, 9.17) is 4.99 Å². The van der Waals surface area contributed by atoms with E-state index in [1.165, 1.54) is 12.0 Å². The highest BCUT2D eigenvalue weighted by molar-refractivity contribution is 8.14. The molecule has 1 aliphatic heterocycles. The lowest BCUT2D eigenvalue weighted by Gasteiger charge is -2.32. The number of benzene rings is 1. The van der Waals surface area contributed by atoms with Crippen molar-refractivity contribution in [2.75, 3.05) is 0 Å². The summed E-state index contributed by atoms with van der Waals surface area (Å²) in [5.41, 5.74) is 1.21. The Balaban J connectivity index is 2.13. The first-order valence-electron chi connectivity index (χ1n) is 6.55. The smallest absolute Gasteiger partial charge is 0.157 e. The SMILES string of the molecule is CC1CC(C)SC(NC(C)(C)c2ccccc2)=N1. The van der Waals surface area contributed by atoms with Gasteiger partial charge in [-0.05, 0) is 32.8 Å². The largest absolute Gasteiger partial charge is 0.356 e. The second-order valence-electron chi connectivity index (χ2n) is 5.56. The fourth-order valence-corrected chi connectivity index (χ4v) is 3.57. The van der Waals surface area contributed by atoms with Crippen LogP contribution in [0.5, 0.6) is 0 Å². The van der Waals surface area contributed by atoms with Gasteiger partial charge in [0.1, 0.15) is 0 Å². The highest BCUT2D eigenvalue weighted by Crippen LogP contribution is 2.27. The number of thioether (sulfide) groups is 1. The lowest BCUT2D eigenvalue weighted by Crippen LogP contribution is -2.42. The molecule has 0 aliphatic carbocycles. The first-order valence-corrected chi connectivity index (χ1v) is 7.43. The molecule has 0 saturated heterocycles. The molecule has 2 rings (SSSR count). The molecule has 1 heterocycles. The third-order valence-corrected chi connectivity index (χ3v) is 4.26. The molecular formula is C15H22N2S. The molecule has 1 aliphatic rings. The van der Waals surface area contributed by atoms with Crippen LogP contribution < -0.4 is 5.32 Å². The Morgan fingerprint density at radius 2 is 1.89 bits per heavy atom. The zero-order valence-electron chi connectivity index (χ0n) is 11.6. The zero-order valence-corrected chi connectivity index (χ0v) is 12.4. The van der Waals surface area contributed by atoms with Crippen molar-refractivity contribution in [3.8, 4) is 0 Å². The molecule has 0 radical (unpaired) electrons. The summed E-state index contributed by atoms with van der Waals surface area (Å²) in [6.45, 7) is 8.87. The van der Waals surface area contributed by atoms with Gasteiger partial charge in [-0.25, -0.2) is 0 Å². The van der Waals surface area contributed by atoms with Crippen LogP contribution in [-0.4, -0.2) is 16.5 Å². The summed E-state index contributed by atoms with van der Waals surface area (Å²) < 4.78 is 0. The lowest BCUT2D eigenvalue weighted by atomic mass is 9.95. The van der Waals surface area contributed by atoms with Crippen molar-refractivity contribution in [3.05, 3.63) is 35.9 Å². The quantitative estimate of drug-likeness (QED) is 0.877. The summed E-state index contributed by atoms with van der Waals surface area (Å²) in [7, 11) is 0. The number of nitrogens with zero attached hydrogens (tertiary/aromatic N) is 1. The van der Waals surface area contributed by atoms with Gasteiger partial charge in [-0.1, -0.05) is 49.0 Å². The summed E-state index contributed by atoms with van der Waals surface area (Å²) in [6.07, 6.45) is 1.17. The molecule has 0 fully saturated rings. The molecule has 0 bridgehead atoms. The van der Waals surface area contributed by atoms with Crippen molar-refractivity contribution in [1.29, 1.82) is 0 Å². The van der Waals surface area contributed by atoms with Gasteiger partial charge < -0.3 is 5.32 Å². The van der Waals surface area contributed by atoms with Crippen LogP contribution in [0.25, 0.3) is 0 Å². The van der Waals surface area contributed by atoms with Crippen molar-refractivity contribution < 1.29 is 0 Å². The van der Waals surface area contributed by atoms with Crippen LogP contribution in [0.3, 0.4) is 0 Å². The van der Waals surface area contributed by atoms with Crippen LogP contribution in [0, 0.1) is 0 Å². The van der Waals surface area contributed by atoms with Crippen LogP contribution in [0.15, 0.2) is 35.3 Å². The minimum absolute atomic E-state index is 0.0795. The normalized spacial score (nSPS) is 24.6. The molecule has 0 amide bonds. The van der Waals surface area contributed by atoms with E-state index in [0.717, 1.165) is 5.17 Å². The molecule has 0 saturated carbocycles. The number of amidine groups is 1. The molecule has 2 atom stereocenters. The van der Waals surface area contributed by atoms with Crippen molar-refractivity contribution in [2.24, 2.45) is 4.99 Å².